The fourth-order valence-electron chi connectivity index (χ4n) is 13.8. The first kappa shape index (κ1) is 70.1. The van der Waals surface area contributed by atoms with E-state index in [1.54, 1.807) is 35.8 Å². The van der Waals surface area contributed by atoms with Crippen LogP contribution in [0.2, 0.25) is 15.1 Å². The normalized spacial score (nSPS) is 16.1. The van der Waals surface area contributed by atoms with Crippen LogP contribution in [-0.4, -0.2) is 66.6 Å². The van der Waals surface area contributed by atoms with Gasteiger partial charge < -0.3 is 20.0 Å². The quantitative estimate of drug-likeness (QED) is 0.0912. The van der Waals surface area contributed by atoms with Crippen molar-refractivity contribution in [3.8, 4) is 22.3 Å². The zero-order valence-corrected chi connectivity index (χ0v) is 59.5. The number of nitrogens with one attached hydrogen (secondary N) is 1. The topological polar surface area (TPSA) is 98.7 Å². The first-order chi connectivity index (χ1) is 48.4. The number of carbonyl (C=O) groups is 3. The number of fused-ring (bicyclic) bond motifs is 3. The lowest BCUT2D eigenvalue weighted by Crippen LogP contribution is -2.47. The fourth-order valence-corrected chi connectivity index (χ4v) is 18.4. The molecule has 3 amide bonds. The summed E-state index contributed by atoms with van der Waals surface area (Å²) in [5.41, 5.74) is 11.0. The molecule has 20 heteroatoms. The van der Waals surface area contributed by atoms with Gasteiger partial charge in [-0.05, 0) is 200 Å². The van der Waals surface area contributed by atoms with Crippen molar-refractivity contribution in [2.24, 2.45) is 0 Å². The molecule has 9 nitrogen and oxygen atoms in total. The van der Waals surface area contributed by atoms with Gasteiger partial charge in [-0.3, -0.25) is 24.4 Å². The second-order valence-electron chi connectivity index (χ2n) is 25.6. The summed E-state index contributed by atoms with van der Waals surface area (Å²) < 4.78 is 74.7. The maximum atomic E-state index is 15.1. The number of aryl methyl sites for hydroxylation is 3. The summed E-state index contributed by atoms with van der Waals surface area (Å²) in [5.74, 6) is -3.95. The van der Waals surface area contributed by atoms with Crippen LogP contribution in [0.1, 0.15) is 119 Å². The van der Waals surface area contributed by atoms with Gasteiger partial charge >= 0.3 is 0 Å². The van der Waals surface area contributed by atoms with Crippen LogP contribution < -0.4 is 5.32 Å². The Hall–Kier alpha value is -8.39. The van der Waals surface area contributed by atoms with Gasteiger partial charge in [0.1, 0.15) is 43.7 Å². The molecule has 1 N–H and O–H groups in total. The number of pyridine rings is 2. The molecule has 0 aliphatic heterocycles. The van der Waals surface area contributed by atoms with Gasteiger partial charge in [-0.25, -0.2) is 22.0 Å². The zero-order chi connectivity index (χ0) is 69.9. The number of carbonyl (C=O) groups excluding carboxylic acids is 3. The highest BCUT2D eigenvalue weighted by molar-refractivity contribution is 7.22. The van der Waals surface area contributed by atoms with Crippen LogP contribution in [0.15, 0.2) is 183 Å². The van der Waals surface area contributed by atoms with Gasteiger partial charge in [0.2, 0.25) is 0 Å². The van der Waals surface area contributed by atoms with Crippen molar-refractivity contribution in [3.63, 3.8) is 0 Å². The molecule has 0 bridgehead atoms. The summed E-state index contributed by atoms with van der Waals surface area (Å²) in [7, 11) is 0. The average Bonchev–Trinajstić information content (AvgIpc) is 1.62. The van der Waals surface area contributed by atoms with E-state index >= 15 is 4.39 Å². The second-order valence-corrected chi connectivity index (χ2v) is 29.8. The molecule has 5 aromatic heterocycles. The van der Waals surface area contributed by atoms with Crippen molar-refractivity contribution in [2.45, 2.75) is 122 Å². The van der Waals surface area contributed by atoms with Gasteiger partial charge in [-0.1, -0.05) is 126 Å². The second kappa shape index (κ2) is 30.8. The number of benzene rings is 7. The van der Waals surface area contributed by atoms with E-state index in [0.717, 1.165) is 146 Å². The Labute approximate surface area is 603 Å². The van der Waals surface area contributed by atoms with Crippen molar-refractivity contribution in [1.82, 2.24) is 30.0 Å². The smallest absolute Gasteiger partial charge is 0.266 e. The molecule has 7 aromatic carbocycles. The number of nitrogens with zero attached hydrogens (tertiary/aromatic N) is 5. The van der Waals surface area contributed by atoms with E-state index in [-0.39, 0.29) is 92.9 Å². The predicted molar refractivity (Wildman–Crippen MR) is 395 cm³/mol. The molecule has 2 saturated carbocycles. The number of hydrogen-bond acceptors (Lipinski definition) is 9. The van der Waals surface area contributed by atoms with Gasteiger partial charge in [0.15, 0.2) is 0 Å². The number of amides is 3. The van der Waals surface area contributed by atoms with Crippen LogP contribution in [0.3, 0.4) is 0 Å². The Kier molecular flexibility index (Phi) is 21.6. The summed E-state index contributed by atoms with van der Waals surface area (Å²) in [6, 6.07) is 47.1. The van der Waals surface area contributed by atoms with Gasteiger partial charge in [-0.2, -0.15) is 0 Å². The van der Waals surface area contributed by atoms with E-state index < -0.39 is 35.0 Å². The molecule has 100 heavy (non-hydrogen) atoms. The van der Waals surface area contributed by atoms with Crippen LogP contribution in [0.4, 0.5) is 22.0 Å². The van der Waals surface area contributed by atoms with Crippen LogP contribution in [0.5, 0.6) is 0 Å². The Morgan fingerprint density at radius 2 is 0.760 bits per heavy atom. The highest BCUT2D eigenvalue weighted by Crippen LogP contribution is 2.45. The van der Waals surface area contributed by atoms with Crippen molar-refractivity contribution >= 4 is 117 Å². The molecule has 2 fully saturated rings. The zero-order valence-electron chi connectivity index (χ0n) is 54.8. The SMILES string of the molecule is Cc1ccc(-c2ccncc2)cc1CN(C(=O)c1sc2c(F)ccc(C)c2c1Cl)C1CCC(N(Cc2ccccc2)C(=O)c2sc3c(F)ccc(F)c3c2Cl)CC1.Cc1ccc(-c2ccncc2)cc1CN(C(=O)c1sc2c(F)ccc(F)c2c1Cl)C1CCC(NCc2ccccc2)CC1. The lowest BCUT2D eigenvalue weighted by atomic mass is 9.88. The molecule has 0 saturated heterocycles. The standard InChI is InChI=1S/C45H36Cl2F3N3O2S2.C35H32ClF2N3OS/c1-25-8-10-29(28-18-20-51-21-19-28)22-30(25)24-53(45(55)42-38(46)36-26(2)9-15-34(49)40(36)56-42)32-13-11-31(12-14-32)52(23-27-6-4-3-5-7-27)44(54)43-39(47)37-33(48)16-17-35(50)41(37)57-43;1-22-7-8-25(24-15-17-39-18-16-24)19-26(22)21-41(28-11-9-27(10-12-28)40-20-23-5-3-2-4-6-23)35(42)34-32(36)31-29(37)13-14-30(38)33(31)43-34/h3-10,15-22,31-32H,11-14,23-24H2,1-2H3;2-8,13-19,27-28,40H,9-12,20-21H2,1H3. The summed E-state index contributed by atoms with van der Waals surface area (Å²) in [6.07, 6.45) is 12.7. The maximum absolute atomic E-state index is 15.1. The third-order valence-corrected chi connectivity index (χ3v) is 24.4. The average molecular weight is 1460 g/mol. The number of aromatic nitrogens is 2. The Morgan fingerprint density at radius 1 is 0.410 bits per heavy atom. The summed E-state index contributed by atoms with van der Waals surface area (Å²) >= 11 is 23.1. The molecule has 0 radical (unpaired) electrons. The van der Waals surface area contributed by atoms with Gasteiger partial charge in [0.05, 0.1) is 39.9 Å². The molecule has 5 heterocycles. The minimum absolute atomic E-state index is 0.000795. The predicted octanol–water partition coefficient (Wildman–Crippen LogP) is 21.8. The minimum Gasteiger partial charge on any atom is -0.331 e. The lowest BCUT2D eigenvalue weighted by Gasteiger charge is -2.41. The fraction of sp³-hybridized carbons (Fsp3) is 0.237. The number of hydrogen-bond donors (Lipinski definition) is 1. The number of rotatable bonds is 17. The van der Waals surface area contributed by atoms with Crippen LogP contribution in [0, 0.1) is 49.9 Å². The molecule has 510 valence electrons. The summed E-state index contributed by atoms with van der Waals surface area (Å²) in [4.78, 5) is 57.9. The van der Waals surface area contributed by atoms with E-state index in [4.69, 9.17) is 34.8 Å². The molecule has 0 spiro atoms. The van der Waals surface area contributed by atoms with Crippen LogP contribution >= 0.6 is 68.8 Å². The van der Waals surface area contributed by atoms with Crippen LogP contribution in [-0.2, 0) is 26.2 Å². The highest BCUT2D eigenvalue weighted by atomic mass is 35.5. The van der Waals surface area contributed by atoms with Crippen molar-refractivity contribution < 1.29 is 36.3 Å². The first-order valence-electron chi connectivity index (χ1n) is 33.1. The monoisotopic (exact) mass is 1460 g/mol. The summed E-state index contributed by atoms with van der Waals surface area (Å²) in [5, 5.41) is 4.21. The highest BCUT2D eigenvalue weighted by Gasteiger charge is 2.38. The number of thiophene rings is 3. The third kappa shape index (κ3) is 14.9. The molecule has 2 aliphatic carbocycles. The van der Waals surface area contributed by atoms with E-state index in [2.05, 4.69) is 51.7 Å². The van der Waals surface area contributed by atoms with Crippen molar-refractivity contribution in [3.05, 3.63) is 280 Å². The molecular weight excluding hydrogens is 1390 g/mol. The van der Waals surface area contributed by atoms with Gasteiger partial charge in [0, 0.05) is 80.5 Å². The molecular formula is C80H68Cl3F5N6O3S3. The van der Waals surface area contributed by atoms with Crippen molar-refractivity contribution in [1.29, 1.82) is 0 Å². The molecule has 0 unspecified atom stereocenters. The minimum atomic E-state index is -0.690. The largest absolute Gasteiger partial charge is 0.331 e. The Balaban J connectivity index is 0.000000186. The Morgan fingerprint density at radius 3 is 1.17 bits per heavy atom. The van der Waals surface area contributed by atoms with E-state index in [0.29, 0.717) is 48.4 Å². The molecule has 0 atom stereocenters. The Bertz CT molecular complexity index is 4990. The maximum Gasteiger partial charge on any atom is 0.266 e. The van der Waals surface area contributed by atoms with E-state index in [1.165, 1.54) is 11.6 Å². The van der Waals surface area contributed by atoms with E-state index in [1.807, 2.05) is 116 Å². The molecule has 12 aromatic rings. The van der Waals surface area contributed by atoms with Crippen LogP contribution in [0.25, 0.3) is 52.5 Å². The van der Waals surface area contributed by atoms with Crippen molar-refractivity contribution in [2.75, 3.05) is 0 Å². The van der Waals surface area contributed by atoms with Gasteiger partial charge in [0.25, 0.3) is 17.7 Å². The lowest BCUT2D eigenvalue weighted by molar-refractivity contribution is 0.0461. The summed E-state index contributed by atoms with van der Waals surface area (Å²) in [6.45, 7) is 7.61. The molecule has 14 rings (SSSR count). The van der Waals surface area contributed by atoms with Gasteiger partial charge in [-0.15, -0.1) is 34.0 Å². The molecule has 2 aliphatic rings. The first-order valence-corrected chi connectivity index (χ1v) is 36.7. The number of halogens is 8. The van der Waals surface area contributed by atoms with E-state index in [9.17, 15) is 31.9 Å². The third-order valence-electron chi connectivity index (χ3n) is 19.4.